The van der Waals surface area contributed by atoms with Gasteiger partial charge >= 0.3 is 0 Å². The molecule has 140 valence electrons. The van der Waals surface area contributed by atoms with Gasteiger partial charge in [-0.2, -0.15) is 5.10 Å². The van der Waals surface area contributed by atoms with Crippen LogP contribution in [0, 0.1) is 6.92 Å². The Kier molecular flexibility index (Phi) is 4.52. The molecule has 4 rings (SSSR count). The normalized spacial score (nSPS) is 17.5. The van der Waals surface area contributed by atoms with Gasteiger partial charge in [0.05, 0.1) is 24.2 Å². The van der Waals surface area contributed by atoms with Gasteiger partial charge in [0.25, 0.3) is 0 Å². The molecule has 2 aliphatic carbocycles. The highest BCUT2D eigenvalue weighted by Gasteiger charge is 2.32. The van der Waals surface area contributed by atoms with Gasteiger partial charge in [-0.1, -0.05) is 0 Å². The van der Waals surface area contributed by atoms with Gasteiger partial charge in [-0.05, 0) is 62.4 Å². The minimum Gasteiger partial charge on any atom is -0.496 e. The van der Waals surface area contributed by atoms with E-state index in [4.69, 9.17) is 9.84 Å². The number of nitrogens with zero attached hydrogens (tertiary/aromatic N) is 2. The second-order valence-electron chi connectivity index (χ2n) is 7.29. The predicted molar refractivity (Wildman–Crippen MR) is 99.1 cm³/mol. The zero-order valence-electron chi connectivity index (χ0n) is 15.2. The molecule has 2 aliphatic rings. The molecule has 0 aliphatic heterocycles. The van der Waals surface area contributed by atoms with Gasteiger partial charge in [0.15, 0.2) is 0 Å². The van der Waals surface area contributed by atoms with Crippen molar-refractivity contribution < 1.29 is 13.2 Å². The van der Waals surface area contributed by atoms with Gasteiger partial charge in [0, 0.05) is 24.1 Å². The van der Waals surface area contributed by atoms with E-state index >= 15 is 0 Å². The second kappa shape index (κ2) is 6.70. The predicted octanol–water partition coefficient (Wildman–Crippen LogP) is 2.93. The van der Waals surface area contributed by atoms with Crippen molar-refractivity contribution >= 4 is 10.0 Å². The van der Waals surface area contributed by atoms with E-state index in [-0.39, 0.29) is 4.90 Å². The summed E-state index contributed by atoms with van der Waals surface area (Å²) in [5.74, 6) is 1.91. The maximum Gasteiger partial charge on any atom is 0.240 e. The fraction of sp³-hybridized carbons (Fsp3) is 0.526. The molecule has 0 spiro atoms. The molecule has 0 bridgehead atoms. The fourth-order valence-electron chi connectivity index (χ4n) is 3.30. The van der Waals surface area contributed by atoms with Crippen LogP contribution >= 0.6 is 0 Å². The Hall–Kier alpha value is -1.86. The van der Waals surface area contributed by atoms with Crippen molar-refractivity contribution in [2.24, 2.45) is 0 Å². The first-order valence-electron chi connectivity index (χ1n) is 9.20. The Morgan fingerprint density at radius 1 is 1.19 bits per heavy atom. The zero-order valence-corrected chi connectivity index (χ0v) is 16.1. The number of rotatable bonds is 8. The number of sulfonamides is 1. The highest BCUT2D eigenvalue weighted by atomic mass is 32.2. The largest absolute Gasteiger partial charge is 0.496 e. The Morgan fingerprint density at radius 3 is 2.54 bits per heavy atom. The van der Waals surface area contributed by atoms with Crippen molar-refractivity contribution in [2.45, 2.75) is 55.9 Å². The number of aryl methyl sites for hydroxylation is 1. The number of hydrogen-bond acceptors (Lipinski definition) is 4. The van der Waals surface area contributed by atoms with Crippen LogP contribution in [0.3, 0.4) is 0 Å². The molecule has 2 fully saturated rings. The molecule has 1 aromatic carbocycles. The monoisotopic (exact) mass is 375 g/mol. The topological polar surface area (TPSA) is 73.2 Å². The van der Waals surface area contributed by atoms with Crippen LogP contribution in [0.15, 0.2) is 29.2 Å². The standard InChI is InChI=1S/C19H25N3O3S/c1-13-11-16(7-8-19(13)25-2)26(23,24)20-9-10-22-18(15-5-6-15)12-17(21-22)14-3-4-14/h7-8,11-12,14-15,20H,3-6,9-10H2,1-2H3. The molecule has 1 heterocycles. The van der Waals surface area contributed by atoms with E-state index in [1.54, 1.807) is 25.3 Å². The maximum absolute atomic E-state index is 12.5. The molecule has 0 amide bonds. The number of aromatic nitrogens is 2. The van der Waals surface area contributed by atoms with Crippen LogP contribution in [0.4, 0.5) is 0 Å². The molecule has 1 aromatic heterocycles. The van der Waals surface area contributed by atoms with Crippen LogP contribution in [0.2, 0.25) is 0 Å². The molecule has 6 nitrogen and oxygen atoms in total. The summed E-state index contributed by atoms with van der Waals surface area (Å²) in [6, 6.07) is 7.12. The summed E-state index contributed by atoms with van der Waals surface area (Å²) >= 11 is 0. The first kappa shape index (κ1) is 17.5. The van der Waals surface area contributed by atoms with Crippen LogP contribution in [0.1, 0.15) is 54.5 Å². The average molecular weight is 375 g/mol. The molecule has 0 atom stereocenters. The number of methoxy groups -OCH3 is 1. The van der Waals surface area contributed by atoms with Gasteiger partial charge in [-0.25, -0.2) is 13.1 Å². The van der Waals surface area contributed by atoms with Crippen LogP contribution in [0.25, 0.3) is 0 Å². The maximum atomic E-state index is 12.5. The SMILES string of the molecule is COc1ccc(S(=O)(=O)NCCn2nc(C3CC3)cc2C2CC2)cc1C. The summed E-state index contributed by atoms with van der Waals surface area (Å²) in [6.45, 7) is 2.73. The first-order valence-corrected chi connectivity index (χ1v) is 10.7. The number of ether oxygens (including phenoxy) is 1. The number of hydrogen-bond donors (Lipinski definition) is 1. The van der Waals surface area contributed by atoms with Crippen LogP contribution in [0.5, 0.6) is 5.75 Å². The molecule has 0 saturated heterocycles. The summed E-state index contributed by atoms with van der Waals surface area (Å²) in [4.78, 5) is 0.261. The van der Waals surface area contributed by atoms with Gasteiger partial charge in [0.1, 0.15) is 5.75 Å². The Bertz CT molecular complexity index is 912. The Labute approximate surface area is 154 Å². The molecular formula is C19H25N3O3S. The lowest BCUT2D eigenvalue weighted by molar-refractivity contribution is 0.411. The fourth-order valence-corrected chi connectivity index (χ4v) is 4.41. The van der Waals surface area contributed by atoms with Crippen molar-refractivity contribution in [1.82, 2.24) is 14.5 Å². The molecule has 1 N–H and O–H groups in total. The summed E-state index contributed by atoms with van der Waals surface area (Å²) in [5.41, 5.74) is 3.25. The van der Waals surface area contributed by atoms with Gasteiger partial charge in [0.2, 0.25) is 10.0 Å². The molecule has 26 heavy (non-hydrogen) atoms. The minimum absolute atomic E-state index is 0.261. The average Bonchev–Trinajstić information content (AvgIpc) is 3.53. The third-order valence-electron chi connectivity index (χ3n) is 5.11. The molecule has 7 heteroatoms. The van der Waals surface area contributed by atoms with Gasteiger partial charge in [-0.15, -0.1) is 0 Å². The number of benzene rings is 1. The van der Waals surface area contributed by atoms with E-state index in [0.29, 0.717) is 30.7 Å². The molecule has 2 aromatic rings. The van der Waals surface area contributed by atoms with Crippen molar-refractivity contribution in [1.29, 1.82) is 0 Å². The van der Waals surface area contributed by atoms with Crippen molar-refractivity contribution in [2.75, 3.05) is 13.7 Å². The van der Waals surface area contributed by atoms with Crippen LogP contribution < -0.4 is 9.46 Å². The Balaban J connectivity index is 1.43. The molecule has 0 radical (unpaired) electrons. The lowest BCUT2D eigenvalue weighted by Gasteiger charge is -2.11. The summed E-state index contributed by atoms with van der Waals surface area (Å²) < 4.78 is 35.0. The minimum atomic E-state index is -3.54. The van der Waals surface area contributed by atoms with Crippen LogP contribution in [-0.2, 0) is 16.6 Å². The molecule has 2 saturated carbocycles. The van der Waals surface area contributed by atoms with Crippen molar-refractivity contribution in [3.8, 4) is 5.75 Å². The lowest BCUT2D eigenvalue weighted by atomic mass is 10.2. The summed E-state index contributed by atoms with van der Waals surface area (Å²) in [6.07, 6.45) is 4.88. The van der Waals surface area contributed by atoms with E-state index in [9.17, 15) is 8.42 Å². The van der Waals surface area contributed by atoms with Crippen molar-refractivity contribution in [3.05, 3.63) is 41.2 Å². The van der Waals surface area contributed by atoms with E-state index in [2.05, 4.69) is 10.8 Å². The lowest BCUT2D eigenvalue weighted by Crippen LogP contribution is -2.28. The third kappa shape index (κ3) is 3.64. The second-order valence-corrected chi connectivity index (χ2v) is 9.06. The third-order valence-corrected chi connectivity index (χ3v) is 6.57. The summed E-state index contributed by atoms with van der Waals surface area (Å²) in [7, 11) is -1.96. The van der Waals surface area contributed by atoms with E-state index in [1.165, 1.54) is 37.1 Å². The highest BCUT2D eigenvalue weighted by Crippen LogP contribution is 2.44. The van der Waals surface area contributed by atoms with E-state index in [1.807, 2.05) is 11.6 Å². The first-order chi connectivity index (χ1) is 12.5. The van der Waals surface area contributed by atoms with Gasteiger partial charge in [-0.3, -0.25) is 4.68 Å². The number of nitrogens with one attached hydrogen (secondary N) is 1. The molecule has 0 unspecified atom stereocenters. The Morgan fingerprint density at radius 2 is 1.92 bits per heavy atom. The quantitative estimate of drug-likeness (QED) is 0.770. The summed E-state index contributed by atoms with van der Waals surface area (Å²) in [5, 5.41) is 4.73. The highest BCUT2D eigenvalue weighted by molar-refractivity contribution is 7.89. The van der Waals surface area contributed by atoms with E-state index in [0.717, 1.165) is 5.56 Å². The van der Waals surface area contributed by atoms with Crippen LogP contribution in [-0.4, -0.2) is 31.9 Å². The zero-order chi connectivity index (χ0) is 18.3. The van der Waals surface area contributed by atoms with E-state index < -0.39 is 10.0 Å². The van der Waals surface area contributed by atoms with Crippen molar-refractivity contribution in [3.63, 3.8) is 0 Å². The smallest absolute Gasteiger partial charge is 0.240 e. The van der Waals surface area contributed by atoms with Gasteiger partial charge < -0.3 is 4.74 Å². The molecular weight excluding hydrogens is 350 g/mol.